The maximum Gasteiger partial charge on any atom is 0.143 e. The van der Waals surface area contributed by atoms with Crippen molar-refractivity contribution in [2.45, 2.75) is 39.7 Å². The molecule has 0 saturated carbocycles. The SMILES string of the molecule is Cc1noc(C)c1-c1cc(C[C@H]2CCCN(Cc3nccs3)C2)ncn1. The van der Waals surface area contributed by atoms with Gasteiger partial charge in [-0.2, -0.15) is 0 Å². The Bertz CT molecular complexity index is 841. The minimum Gasteiger partial charge on any atom is -0.361 e. The average Bonchev–Trinajstić information content (AvgIpc) is 3.25. The monoisotopic (exact) mass is 369 g/mol. The number of nitrogens with zero attached hydrogens (tertiary/aromatic N) is 5. The molecule has 0 radical (unpaired) electrons. The first-order valence-electron chi connectivity index (χ1n) is 9.04. The maximum atomic E-state index is 5.28. The van der Waals surface area contributed by atoms with Crippen molar-refractivity contribution in [1.29, 1.82) is 0 Å². The van der Waals surface area contributed by atoms with Crippen LogP contribution in [-0.4, -0.2) is 38.1 Å². The second-order valence-corrected chi connectivity index (χ2v) is 7.95. The molecule has 1 fully saturated rings. The van der Waals surface area contributed by atoms with Gasteiger partial charge in [0.2, 0.25) is 0 Å². The number of rotatable bonds is 5. The summed E-state index contributed by atoms with van der Waals surface area (Å²) >= 11 is 1.74. The largest absolute Gasteiger partial charge is 0.361 e. The van der Waals surface area contributed by atoms with Gasteiger partial charge in [0.1, 0.15) is 17.1 Å². The van der Waals surface area contributed by atoms with Crippen LogP contribution >= 0.6 is 11.3 Å². The van der Waals surface area contributed by atoms with Gasteiger partial charge in [-0.25, -0.2) is 15.0 Å². The third-order valence-corrected chi connectivity index (χ3v) is 5.72. The van der Waals surface area contributed by atoms with E-state index in [-0.39, 0.29) is 0 Å². The minimum absolute atomic E-state index is 0.621. The predicted octanol–water partition coefficient (Wildman–Crippen LogP) is 3.66. The zero-order valence-corrected chi connectivity index (χ0v) is 16.0. The van der Waals surface area contributed by atoms with Crippen LogP contribution in [0.4, 0.5) is 0 Å². The van der Waals surface area contributed by atoms with Gasteiger partial charge in [-0.1, -0.05) is 5.16 Å². The normalized spacial score (nSPS) is 18.3. The van der Waals surface area contributed by atoms with E-state index in [1.807, 2.05) is 25.4 Å². The molecule has 0 unspecified atom stereocenters. The molecule has 1 saturated heterocycles. The van der Waals surface area contributed by atoms with Crippen LogP contribution in [0.5, 0.6) is 0 Å². The molecule has 4 rings (SSSR count). The van der Waals surface area contributed by atoms with Gasteiger partial charge < -0.3 is 4.52 Å². The van der Waals surface area contributed by atoms with Crippen molar-refractivity contribution in [1.82, 2.24) is 25.0 Å². The fourth-order valence-electron chi connectivity index (χ4n) is 3.77. The lowest BCUT2D eigenvalue weighted by Crippen LogP contribution is -2.35. The van der Waals surface area contributed by atoms with Crippen LogP contribution in [0.1, 0.15) is 35.0 Å². The number of hydrogen-bond donors (Lipinski definition) is 0. The molecule has 3 aromatic rings. The summed E-state index contributed by atoms with van der Waals surface area (Å²) in [5.74, 6) is 1.43. The molecule has 0 spiro atoms. The van der Waals surface area contributed by atoms with Crippen LogP contribution in [0.2, 0.25) is 0 Å². The Morgan fingerprint density at radius 2 is 2.19 bits per heavy atom. The highest BCUT2D eigenvalue weighted by Gasteiger charge is 2.22. The van der Waals surface area contributed by atoms with E-state index in [9.17, 15) is 0 Å². The maximum absolute atomic E-state index is 5.28. The lowest BCUT2D eigenvalue weighted by Gasteiger charge is -2.32. The highest BCUT2D eigenvalue weighted by atomic mass is 32.1. The first kappa shape index (κ1) is 17.3. The minimum atomic E-state index is 0.621. The average molecular weight is 369 g/mol. The van der Waals surface area contributed by atoms with Crippen molar-refractivity contribution in [2.75, 3.05) is 13.1 Å². The summed E-state index contributed by atoms with van der Waals surface area (Å²) in [5.41, 5.74) is 3.86. The van der Waals surface area contributed by atoms with Gasteiger partial charge in [-0.05, 0) is 51.6 Å². The standard InChI is InChI=1S/C19H23N5OS/c1-13-19(14(2)25-23-13)17-9-16(21-12-22-17)8-15-4-3-6-24(10-15)11-18-20-5-7-26-18/h5,7,9,12,15H,3-4,6,8,10-11H2,1-2H3/t15-/m1/s1. The molecule has 0 aromatic carbocycles. The van der Waals surface area contributed by atoms with Gasteiger partial charge >= 0.3 is 0 Å². The van der Waals surface area contributed by atoms with Gasteiger partial charge in [0.15, 0.2) is 0 Å². The van der Waals surface area contributed by atoms with Crippen molar-refractivity contribution < 1.29 is 4.52 Å². The van der Waals surface area contributed by atoms with Gasteiger partial charge in [0.25, 0.3) is 0 Å². The molecule has 1 aliphatic rings. The molecule has 0 aliphatic carbocycles. The molecule has 0 N–H and O–H groups in total. The molecule has 4 heterocycles. The quantitative estimate of drug-likeness (QED) is 0.684. The fraction of sp³-hybridized carbons (Fsp3) is 0.474. The Kier molecular flexibility index (Phi) is 5.08. The third kappa shape index (κ3) is 3.83. The summed E-state index contributed by atoms with van der Waals surface area (Å²) in [7, 11) is 0. The van der Waals surface area contributed by atoms with Crippen molar-refractivity contribution in [3.05, 3.63) is 46.1 Å². The first-order valence-corrected chi connectivity index (χ1v) is 9.92. The summed E-state index contributed by atoms with van der Waals surface area (Å²) in [4.78, 5) is 15.9. The van der Waals surface area contributed by atoms with Gasteiger partial charge in [0, 0.05) is 23.8 Å². The van der Waals surface area contributed by atoms with E-state index in [4.69, 9.17) is 4.52 Å². The van der Waals surface area contributed by atoms with Gasteiger partial charge in [0.05, 0.1) is 23.5 Å². The molecule has 7 heteroatoms. The molecule has 136 valence electrons. The smallest absolute Gasteiger partial charge is 0.143 e. The number of hydrogen-bond acceptors (Lipinski definition) is 7. The van der Waals surface area contributed by atoms with Crippen LogP contribution in [0, 0.1) is 19.8 Å². The Labute approximate surface area is 157 Å². The summed E-state index contributed by atoms with van der Waals surface area (Å²) in [5, 5.41) is 7.29. The topological polar surface area (TPSA) is 67.9 Å². The lowest BCUT2D eigenvalue weighted by atomic mass is 9.93. The fourth-order valence-corrected chi connectivity index (χ4v) is 4.43. The van der Waals surface area contributed by atoms with Crippen molar-refractivity contribution in [3.8, 4) is 11.3 Å². The Hall–Kier alpha value is -2.12. The van der Waals surface area contributed by atoms with E-state index in [1.165, 1.54) is 17.8 Å². The number of thiazole rings is 1. The van der Waals surface area contributed by atoms with Crippen LogP contribution in [0.3, 0.4) is 0 Å². The van der Waals surface area contributed by atoms with Crippen molar-refractivity contribution >= 4 is 11.3 Å². The van der Waals surface area contributed by atoms with Crippen molar-refractivity contribution in [2.24, 2.45) is 5.92 Å². The Balaban J connectivity index is 1.44. The summed E-state index contributed by atoms with van der Waals surface area (Å²) in [6, 6.07) is 2.09. The van der Waals surface area contributed by atoms with E-state index < -0.39 is 0 Å². The Morgan fingerprint density at radius 3 is 2.96 bits per heavy atom. The second-order valence-electron chi connectivity index (χ2n) is 6.97. The van der Waals surface area contributed by atoms with Crippen LogP contribution < -0.4 is 0 Å². The molecular weight excluding hydrogens is 346 g/mol. The third-order valence-electron chi connectivity index (χ3n) is 4.96. The summed E-state index contributed by atoms with van der Waals surface area (Å²) in [6.45, 7) is 7.09. The Morgan fingerprint density at radius 1 is 1.27 bits per heavy atom. The zero-order chi connectivity index (χ0) is 17.9. The molecule has 6 nitrogen and oxygen atoms in total. The first-order chi connectivity index (χ1) is 12.7. The number of aromatic nitrogens is 4. The highest BCUT2D eigenvalue weighted by molar-refractivity contribution is 7.09. The number of piperidine rings is 1. The van der Waals surface area contributed by atoms with Crippen LogP contribution in [0.25, 0.3) is 11.3 Å². The predicted molar refractivity (Wildman–Crippen MR) is 101 cm³/mol. The molecule has 0 amide bonds. The van der Waals surface area contributed by atoms with E-state index in [1.54, 1.807) is 17.7 Å². The lowest BCUT2D eigenvalue weighted by molar-refractivity contribution is 0.166. The molecule has 1 atom stereocenters. The van der Waals surface area contributed by atoms with Crippen LogP contribution in [0.15, 0.2) is 28.5 Å². The van der Waals surface area contributed by atoms with E-state index in [0.29, 0.717) is 5.92 Å². The molecule has 0 bridgehead atoms. The molecular formula is C19H23N5OS. The summed E-state index contributed by atoms with van der Waals surface area (Å²) in [6.07, 6.45) is 7.01. The van der Waals surface area contributed by atoms with E-state index in [0.717, 1.165) is 54.5 Å². The van der Waals surface area contributed by atoms with Crippen molar-refractivity contribution in [3.63, 3.8) is 0 Å². The zero-order valence-electron chi connectivity index (χ0n) is 15.2. The summed E-state index contributed by atoms with van der Waals surface area (Å²) < 4.78 is 5.28. The number of aryl methyl sites for hydroxylation is 2. The number of likely N-dealkylation sites (tertiary alicyclic amines) is 1. The molecule has 26 heavy (non-hydrogen) atoms. The molecule has 3 aromatic heterocycles. The highest BCUT2D eigenvalue weighted by Crippen LogP contribution is 2.27. The second kappa shape index (κ2) is 7.63. The van der Waals surface area contributed by atoms with Crippen LogP contribution in [-0.2, 0) is 13.0 Å². The van der Waals surface area contributed by atoms with Gasteiger partial charge in [-0.15, -0.1) is 11.3 Å². The van der Waals surface area contributed by atoms with Gasteiger partial charge in [-0.3, -0.25) is 4.90 Å². The van der Waals surface area contributed by atoms with E-state index >= 15 is 0 Å². The van der Waals surface area contributed by atoms with E-state index in [2.05, 4.69) is 31.1 Å². The molecule has 1 aliphatic heterocycles.